The number of amides is 2. The van der Waals surface area contributed by atoms with Crippen LogP contribution in [0.5, 0.6) is 0 Å². The normalized spacial score (nSPS) is 17.0. The number of aromatic nitrogens is 5. The van der Waals surface area contributed by atoms with Crippen LogP contribution in [0.1, 0.15) is 18.5 Å². The fourth-order valence-electron chi connectivity index (χ4n) is 3.27. The van der Waals surface area contributed by atoms with Crippen molar-refractivity contribution in [2.24, 2.45) is 5.92 Å². The summed E-state index contributed by atoms with van der Waals surface area (Å²) in [5.41, 5.74) is 0.822. The van der Waals surface area contributed by atoms with Gasteiger partial charge in [-0.15, -0.1) is 11.3 Å². The lowest BCUT2D eigenvalue weighted by atomic mass is 9.98. The second-order valence-electron chi connectivity index (χ2n) is 6.59. The first-order valence-corrected chi connectivity index (χ1v) is 9.86. The molecule has 0 aliphatic carbocycles. The van der Waals surface area contributed by atoms with Gasteiger partial charge in [-0.3, -0.25) is 0 Å². The van der Waals surface area contributed by atoms with Gasteiger partial charge in [0.25, 0.3) is 0 Å². The molecule has 1 atom stereocenters. The summed E-state index contributed by atoms with van der Waals surface area (Å²) < 4.78 is 2.08. The van der Waals surface area contributed by atoms with Crippen LogP contribution in [0.15, 0.2) is 42.6 Å². The smallest absolute Gasteiger partial charge is 0.317 e. The molecule has 4 rings (SSSR count). The maximum absolute atomic E-state index is 12.5. The third kappa shape index (κ3) is 4.48. The summed E-state index contributed by atoms with van der Waals surface area (Å²) in [5, 5.41) is 5.68. The number of nitrogens with one attached hydrogen (secondary N) is 1. The van der Waals surface area contributed by atoms with Crippen molar-refractivity contribution in [2.45, 2.75) is 25.9 Å². The van der Waals surface area contributed by atoms with Crippen molar-refractivity contribution in [3.8, 4) is 10.8 Å². The Hall–Kier alpha value is -2.81. The molecule has 1 saturated heterocycles. The first kappa shape index (κ1) is 17.6. The van der Waals surface area contributed by atoms with Gasteiger partial charge in [0.15, 0.2) is 10.8 Å². The van der Waals surface area contributed by atoms with E-state index in [4.69, 9.17) is 0 Å². The predicted octanol–water partition coefficient (Wildman–Crippen LogP) is 2.42. The number of piperidine rings is 1. The minimum atomic E-state index is -0.0316. The molecule has 8 nitrogen and oxygen atoms in total. The highest BCUT2D eigenvalue weighted by molar-refractivity contribution is 7.13. The van der Waals surface area contributed by atoms with Gasteiger partial charge in [0.1, 0.15) is 0 Å². The summed E-state index contributed by atoms with van der Waals surface area (Å²) in [5.74, 6) is 1.07. The second-order valence-corrected chi connectivity index (χ2v) is 7.45. The Morgan fingerprint density at radius 2 is 2.19 bits per heavy atom. The third-order valence-electron chi connectivity index (χ3n) is 4.56. The summed E-state index contributed by atoms with van der Waals surface area (Å²) in [6.07, 6.45) is 11.1. The molecule has 0 unspecified atom stereocenters. The van der Waals surface area contributed by atoms with E-state index < -0.39 is 0 Å². The van der Waals surface area contributed by atoms with Crippen molar-refractivity contribution in [1.82, 2.24) is 34.7 Å². The Bertz CT molecular complexity index is 865. The third-order valence-corrected chi connectivity index (χ3v) is 5.45. The lowest BCUT2D eigenvalue weighted by molar-refractivity contribution is 0.159. The van der Waals surface area contributed by atoms with Gasteiger partial charge in [0.05, 0.1) is 18.6 Å². The largest absolute Gasteiger partial charge is 0.337 e. The number of nitrogens with zero attached hydrogens (tertiary/aromatic N) is 6. The Morgan fingerprint density at radius 3 is 3.00 bits per heavy atom. The number of carbonyl (C=O) groups excluding carboxylic acids is 1. The van der Waals surface area contributed by atoms with E-state index >= 15 is 0 Å². The molecule has 0 aromatic carbocycles. The number of rotatable bonds is 5. The van der Waals surface area contributed by atoms with Gasteiger partial charge >= 0.3 is 6.03 Å². The fourth-order valence-corrected chi connectivity index (χ4v) is 4.03. The monoisotopic (exact) mass is 383 g/mol. The SMILES string of the molecule is O=C(NCc1csc(-c2ncccn2)n1)N1CCC[C@H](Cn2ccnc2)C1. The maximum atomic E-state index is 12.5. The van der Waals surface area contributed by atoms with Gasteiger partial charge in [-0.05, 0) is 24.8 Å². The Morgan fingerprint density at radius 1 is 1.30 bits per heavy atom. The predicted molar refractivity (Wildman–Crippen MR) is 102 cm³/mol. The molecule has 1 aliphatic heterocycles. The van der Waals surface area contributed by atoms with E-state index in [-0.39, 0.29) is 6.03 Å². The number of thiazole rings is 1. The Labute approximate surface area is 161 Å². The number of carbonyl (C=O) groups is 1. The number of urea groups is 1. The molecular weight excluding hydrogens is 362 g/mol. The van der Waals surface area contributed by atoms with Crippen LogP contribution in [0.25, 0.3) is 10.8 Å². The highest BCUT2D eigenvalue weighted by atomic mass is 32.1. The quantitative estimate of drug-likeness (QED) is 0.731. The van der Waals surface area contributed by atoms with E-state index in [0.29, 0.717) is 18.3 Å². The Kier molecular flexibility index (Phi) is 5.38. The summed E-state index contributed by atoms with van der Waals surface area (Å²) in [4.78, 5) is 31.4. The topological polar surface area (TPSA) is 88.8 Å². The van der Waals surface area contributed by atoms with Crippen molar-refractivity contribution in [2.75, 3.05) is 13.1 Å². The lowest BCUT2D eigenvalue weighted by Gasteiger charge is -2.32. The summed E-state index contributed by atoms with van der Waals surface area (Å²) >= 11 is 1.48. The molecule has 3 aromatic rings. The van der Waals surface area contributed by atoms with Crippen molar-refractivity contribution in [1.29, 1.82) is 0 Å². The molecule has 27 heavy (non-hydrogen) atoms. The summed E-state index contributed by atoms with van der Waals surface area (Å²) in [6, 6.07) is 1.74. The van der Waals surface area contributed by atoms with Gasteiger partial charge < -0.3 is 14.8 Å². The molecule has 0 saturated carbocycles. The zero-order valence-corrected chi connectivity index (χ0v) is 15.7. The van der Waals surface area contributed by atoms with E-state index in [1.807, 2.05) is 22.8 Å². The van der Waals surface area contributed by atoms with Crippen LogP contribution < -0.4 is 5.32 Å². The van der Waals surface area contributed by atoms with Crippen LogP contribution in [0, 0.1) is 5.92 Å². The molecule has 140 valence electrons. The second kappa shape index (κ2) is 8.26. The first-order valence-electron chi connectivity index (χ1n) is 8.98. The first-order chi connectivity index (χ1) is 13.3. The molecule has 1 fully saturated rings. The van der Waals surface area contributed by atoms with Crippen molar-refractivity contribution in [3.05, 3.63) is 48.3 Å². The van der Waals surface area contributed by atoms with E-state index in [0.717, 1.165) is 43.2 Å². The van der Waals surface area contributed by atoms with Gasteiger partial charge in [-0.2, -0.15) is 0 Å². The van der Waals surface area contributed by atoms with Gasteiger partial charge in [-0.25, -0.2) is 24.7 Å². The lowest BCUT2D eigenvalue weighted by Crippen LogP contribution is -2.46. The van der Waals surface area contributed by atoms with Crippen LogP contribution in [0.2, 0.25) is 0 Å². The highest BCUT2D eigenvalue weighted by Gasteiger charge is 2.23. The van der Waals surface area contributed by atoms with Gasteiger partial charge in [-0.1, -0.05) is 0 Å². The van der Waals surface area contributed by atoms with Crippen LogP contribution in [0.4, 0.5) is 4.79 Å². The average Bonchev–Trinajstić information content (AvgIpc) is 3.39. The maximum Gasteiger partial charge on any atom is 0.317 e. The number of hydrogen-bond acceptors (Lipinski definition) is 6. The van der Waals surface area contributed by atoms with Gasteiger partial charge in [0, 0.05) is 49.8 Å². The molecular formula is C18H21N7OS. The Balaban J connectivity index is 1.29. The van der Waals surface area contributed by atoms with Crippen molar-refractivity contribution in [3.63, 3.8) is 0 Å². The standard InChI is InChI=1S/C18H21N7OS/c26-18(25-7-1-3-14(11-25)10-24-8-6-19-13-24)22-9-15-12-27-17(23-15)16-20-4-2-5-21-16/h2,4-6,8,12-14H,1,3,7,9-11H2,(H,22,26)/t14-/m1/s1. The van der Waals surface area contributed by atoms with Gasteiger partial charge in [0.2, 0.25) is 0 Å². The van der Waals surface area contributed by atoms with E-state index in [9.17, 15) is 4.79 Å². The van der Waals surface area contributed by atoms with Crippen LogP contribution >= 0.6 is 11.3 Å². The molecule has 0 radical (unpaired) electrons. The van der Waals surface area contributed by atoms with E-state index in [2.05, 4.69) is 29.8 Å². The van der Waals surface area contributed by atoms with Crippen molar-refractivity contribution >= 4 is 17.4 Å². The molecule has 3 aromatic heterocycles. The molecule has 2 amide bonds. The summed E-state index contributed by atoms with van der Waals surface area (Å²) in [7, 11) is 0. The molecule has 0 bridgehead atoms. The fraction of sp³-hybridized carbons (Fsp3) is 0.389. The molecule has 4 heterocycles. The number of likely N-dealkylation sites (tertiary alicyclic amines) is 1. The number of imidazole rings is 1. The number of hydrogen-bond donors (Lipinski definition) is 1. The minimum absolute atomic E-state index is 0.0316. The van der Waals surface area contributed by atoms with E-state index in [1.165, 1.54) is 11.3 Å². The van der Waals surface area contributed by atoms with Crippen LogP contribution in [0.3, 0.4) is 0 Å². The van der Waals surface area contributed by atoms with Crippen LogP contribution in [-0.2, 0) is 13.1 Å². The molecule has 0 spiro atoms. The molecule has 1 N–H and O–H groups in total. The van der Waals surface area contributed by atoms with Crippen LogP contribution in [-0.4, -0.2) is 48.5 Å². The average molecular weight is 383 g/mol. The van der Waals surface area contributed by atoms with E-state index in [1.54, 1.807) is 24.7 Å². The zero-order chi connectivity index (χ0) is 18.5. The molecule has 1 aliphatic rings. The highest BCUT2D eigenvalue weighted by Crippen LogP contribution is 2.20. The zero-order valence-electron chi connectivity index (χ0n) is 14.9. The van der Waals surface area contributed by atoms with Crippen molar-refractivity contribution < 1.29 is 4.79 Å². The molecule has 9 heteroatoms. The summed E-state index contributed by atoms with van der Waals surface area (Å²) in [6.45, 7) is 2.87. The minimum Gasteiger partial charge on any atom is -0.337 e.